The second kappa shape index (κ2) is 14.2. The van der Waals surface area contributed by atoms with Crippen LogP contribution in [0.15, 0.2) is 36.4 Å². The quantitative estimate of drug-likeness (QED) is 0.469. The Morgan fingerprint density at radius 2 is 1.74 bits per heavy atom. The summed E-state index contributed by atoms with van der Waals surface area (Å²) in [5.41, 5.74) is 6.48. The van der Waals surface area contributed by atoms with Crippen molar-refractivity contribution >= 4 is 23.3 Å². The number of anilines is 1. The molecule has 0 aliphatic rings. The van der Waals surface area contributed by atoms with Gasteiger partial charge in [-0.3, -0.25) is 9.59 Å². The molecule has 0 saturated heterocycles. The number of allylic oxidation sites excluding steroid dienone is 1. The molecule has 0 aromatic heterocycles. The van der Waals surface area contributed by atoms with E-state index in [1.54, 1.807) is 31.4 Å². The van der Waals surface area contributed by atoms with Gasteiger partial charge in [-0.05, 0) is 49.1 Å². The second-order valence-corrected chi connectivity index (χ2v) is 6.61. The van der Waals surface area contributed by atoms with Gasteiger partial charge < -0.3 is 20.9 Å². The van der Waals surface area contributed by atoms with Crippen molar-refractivity contribution in [2.24, 2.45) is 11.7 Å². The van der Waals surface area contributed by atoms with Crippen LogP contribution in [0.5, 0.6) is 5.75 Å². The molecule has 0 fully saturated rings. The number of carboxylic acids is 1. The molecule has 31 heavy (non-hydrogen) atoms. The number of halogens is 3. The van der Waals surface area contributed by atoms with E-state index in [9.17, 15) is 22.8 Å². The minimum Gasteiger partial charge on any atom is -0.497 e. The monoisotopic (exact) mass is 446 g/mol. The van der Waals surface area contributed by atoms with Crippen LogP contribution in [0.25, 0.3) is 0 Å². The van der Waals surface area contributed by atoms with Gasteiger partial charge in [0.25, 0.3) is 0 Å². The lowest BCUT2D eigenvalue weighted by molar-refractivity contribution is -0.192. The molecule has 2 atom stereocenters. The number of nitrogens with one attached hydrogen (secondary N) is 1. The van der Waals surface area contributed by atoms with Crippen molar-refractivity contribution in [1.82, 2.24) is 0 Å². The summed E-state index contributed by atoms with van der Waals surface area (Å²) in [6.45, 7) is 3.96. The van der Waals surface area contributed by atoms with Crippen LogP contribution in [0, 0.1) is 5.92 Å². The number of aliphatic carboxylic acids is 1. The van der Waals surface area contributed by atoms with Crippen LogP contribution in [-0.4, -0.2) is 42.1 Å². The number of rotatable bonds is 10. The van der Waals surface area contributed by atoms with Gasteiger partial charge >= 0.3 is 12.1 Å². The number of carbonyl (C=O) groups is 3. The number of Topliss-reactive ketones (excluding diaryl/α,β-unsaturated/α-hetero) is 1. The number of alkyl halides is 3. The largest absolute Gasteiger partial charge is 0.497 e. The standard InChI is InChI=1S/C19H28N2O3.C2HF3O2/c1-4-6-14(13-18(22)17(20)5-2)7-12-19(23)21-15-8-10-16(24-3)11-9-15;3-2(4,5)1(6)7/h7-12,14,17H,4-6,13,20H2,1-3H3,(H,21,23);(H,6,7)/b12-7+;/t14-,17-;/m0./s1. The molecule has 174 valence electrons. The van der Waals surface area contributed by atoms with E-state index in [1.165, 1.54) is 6.08 Å². The fourth-order valence-corrected chi connectivity index (χ4v) is 2.36. The van der Waals surface area contributed by atoms with E-state index < -0.39 is 18.2 Å². The molecule has 0 bridgehead atoms. The Labute approximate surface area is 179 Å². The smallest absolute Gasteiger partial charge is 0.490 e. The normalized spacial score (nSPS) is 13.0. The fourth-order valence-electron chi connectivity index (χ4n) is 2.36. The SMILES string of the molecule is CCC[C@@H](/C=C/C(=O)Nc1ccc(OC)cc1)CC(=O)[C@@H](N)CC.O=C(O)C(F)(F)F. The van der Waals surface area contributed by atoms with E-state index >= 15 is 0 Å². The molecule has 10 heteroatoms. The molecule has 0 spiro atoms. The lowest BCUT2D eigenvalue weighted by Crippen LogP contribution is -2.30. The number of hydrogen-bond donors (Lipinski definition) is 3. The molecule has 4 N–H and O–H groups in total. The zero-order chi connectivity index (χ0) is 24.0. The van der Waals surface area contributed by atoms with Crippen LogP contribution in [0.3, 0.4) is 0 Å². The molecule has 0 aliphatic carbocycles. The molecule has 1 aromatic carbocycles. The molecule has 1 rings (SSSR count). The first kappa shape index (κ1) is 28.1. The highest BCUT2D eigenvalue weighted by Crippen LogP contribution is 2.17. The van der Waals surface area contributed by atoms with E-state index in [-0.39, 0.29) is 17.6 Å². The number of amides is 1. The molecule has 1 amide bonds. The molecular weight excluding hydrogens is 417 g/mol. The lowest BCUT2D eigenvalue weighted by atomic mass is 9.93. The van der Waals surface area contributed by atoms with E-state index in [1.807, 2.05) is 13.0 Å². The van der Waals surface area contributed by atoms with E-state index in [0.717, 1.165) is 18.6 Å². The Hall–Kier alpha value is -2.88. The third kappa shape index (κ3) is 12.4. The van der Waals surface area contributed by atoms with E-state index in [0.29, 0.717) is 18.5 Å². The molecule has 0 aliphatic heterocycles. The maximum absolute atomic E-state index is 12.0. The van der Waals surface area contributed by atoms with Gasteiger partial charge in [0.15, 0.2) is 0 Å². The third-order valence-corrected chi connectivity index (χ3v) is 4.10. The Kier molecular flexibility index (Phi) is 12.9. The fraction of sp³-hybridized carbons (Fsp3) is 0.476. The van der Waals surface area contributed by atoms with Crippen LogP contribution in [0.1, 0.15) is 39.5 Å². The minimum absolute atomic E-state index is 0.0433. The summed E-state index contributed by atoms with van der Waals surface area (Å²) in [4.78, 5) is 32.9. The van der Waals surface area contributed by atoms with Crippen molar-refractivity contribution < 1.29 is 37.4 Å². The number of carboxylic acid groups (broad SMARTS) is 1. The highest BCUT2D eigenvalue weighted by Gasteiger charge is 2.38. The summed E-state index contributed by atoms with van der Waals surface area (Å²) in [6, 6.07) is 6.70. The molecule has 7 nitrogen and oxygen atoms in total. The Bertz CT molecular complexity index is 734. The van der Waals surface area contributed by atoms with Crippen molar-refractivity contribution in [3.63, 3.8) is 0 Å². The van der Waals surface area contributed by atoms with Crippen LogP contribution < -0.4 is 15.8 Å². The van der Waals surface area contributed by atoms with Gasteiger partial charge in [-0.1, -0.05) is 26.3 Å². The van der Waals surface area contributed by atoms with Gasteiger partial charge in [-0.15, -0.1) is 0 Å². The summed E-state index contributed by atoms with van der Waals surface area (Å²) >= 11 is 0. The number of benzene rings is 1. The van der Waals surface area contributed by atoms with Crippen LogP contribution >= 0.6 is 0 Å². The zero-order valence-corrected chi connectivity index (χ0v) is 17.7. The molecule has 0 heterocycles. The van der Waals surface area contributed by atoms with Crippen molar-refractivity contribution in [3.8, 4) is 5.75 Å². The topological polar surface area (TPSA) is 119 Å². The highest BCUT2D eigenvalue weighted by molar-refractivity contribution is 5.99. The summed E-state index contributed by atoms with van der Waals surface area (Å²) in [6.07, 6.45) is 1.05. The van der Waals surface area contributed by atoms with Gasteiger partial charge in [0, 0.05) is 12.1 Å². The maximum atomic E-state index is 12.0. The van der Waals surface area contributed by atoms with Crippen LogP contribution in [-0.2, 0) is 14.4 Å². The maximum Gasteiger partial charge on any atom is 0.490 e. The number of ether oxygens (including phenoxy) is 1. The number of ketones is 1. The molecule has 0 unspecified atom stereocenters. The minimum atomic E-state index is -5.08. The van der Waals surface area contributed by atoms with Crippen LogP contribution in [0.2, 0.25) is 0 Å². The van der Waals surface area contributed by atoms with E-state index in [2.05, 4.69) is 12.2 Å². The van der Waals surface area contributed by atoms with Gasteiger partial charge in [0.2, 0.25) is 5.91 Å². The van der Waals surface area contributed by atoms with Crippen molar-refractivity contribution in [2.45, 2.75) is 51.7 Å². The summed E-state index contributed by atoms with van der Waals surface area (Å²) in [7, 11) is 1.59. The first-order valence-corrected chi connectivity index (χ1v) is 9.66. The van der Waals surface area contributed by atoms with Crippen molar-refractivity contribution in [2.75, 3.05) is 12.4 Å². The first-order chi connectivity index (χ1) is 14.4. The molecule has 1 aromatic rings. The zero-order valence-electron chi connectivity index (χ0n) is 17.7. The van der Waals surface area contributed by atoms with Crippen LogP contribution in [0.4, 0.5) is 18.9 Å². The Morgan fingerprint density at radius 3 is 2.16 bits per heavy atom. The number of carbonyl (C=O) groups excluding carboxylic acids is 2. The van der Waals surface area contributed by atoms with Gasteiger partial charge in [-0.2, -0.15) is 13.2 Å². The predicted molar refractivity (Wildman–Crippen MR) is 111 cm³/mol. The average Bonchev–Trinajstić information content (AvgIpc) is 2.71. The second-order valence-electron chi connectivity index (χ2n) is 6.61. The number of hydrogen-bond acceptors (Lipinski definition) is 5. The Balaban J connectivity index is 0.00000110. The molecule has 0 saturated carbocycles. The van der Waals surface area contributed by atoms with Gasteiger partial charge in [0.1, 0.15) is 11.5 Å². The number of methoxy groups -OCH3 is 1. The third-order valence-electron chi connectivity index (χ3n) is 4.10. The average molecular weight is 446 g/mol. The summed E-state index contributed by atoms with van der Waals surface area (Å²) < 4.78 is 36.8. The Morgan fingerprint density at radius 1 is 1.19 bits per heavy atom. The number of nitrogens with two attached hydrogens (primary N) is 1. The van der Waals surface area contributed by atoms with Crippen molar-refractivity contribution in [3.05, 3.63) is 36.4 Å². The molecular formula is C21H29F3N2O5. The first-order valence-electron chi connectivity index (χ1n) is 9.66. The lowest BCUT2D eigenvalue weighted by Gasteiger charge is -2.14. The van der Waals surface area contributed by atoms with Gasteiger partial charge in [0.05, 0.1) is 13.2 Å². The van der Waals surface area contributed by atoms with E-state index in [4.69, 9.17) is 20.4 Å². The van der Waals surface area contributed by atoms with Crippen molar-refractivity contribution in [1.29, 1.82) is 0 Å². The predicted octanol–water partition coefficient (Wildman–Crippen LogP) is 3.94. The summed E-state index contributed by atoms with van der Waals surface area (Å²) in [5, 5.41) is 9.91. The highest BCUT2D eigenvalue weighted by atomic mass is 19.4. The summed E-state index contributed by atoms with van der Waals surface area (Å²) in [5.74, 6) is -2.14. The van der Waals surface area contributed by atoms with Gasteiger partial charge in [-0.25, -0.2) is 4.79 Å². The molecule has 0 radical (unpaired) electrons.